The van der Waals surface area contributed by atoms with Crippen LogP contribution in [-0.4, -0.2) is 70.6 Å². The number of anilines is 1. The van der Waals surface area contributed by atoms with Crippen LogP contribution < -0.4 is 9.64 Å². The maximum absolute atomic E-state index is 12.1. The Morgan fingerprint density at radius 2 is 2.00 bits per heavy atom. The molecular weight excluding hydrogens is 416 g/mol. The number of carbonyl (C=O) groups is 1. The smallest absolute Gasteiger partial charge is 0.327 e. The maximum atomic E-state index is 12.1. The Morgan fingerprint density at radius 3 is 2.65 bits per heavy atom. The standard InChI is InChI=1S/C21H24N6O3S/c1-13-12-29-10-9-27(13)20-23-18(17-11-22-14(2)31-17)24-21(25-20)30-16-7-5-15(6-8-16)19(28)26(3)4/h5-8,11,13H,9-10,12H2,1-4H3/t13-/m0/s1. The molecule has 1 aromatic carbocycles. The van der Waals surface area contributed by atoms with Crippen molar-refractivity contribution in [2.45, 2.75) is 19.9 Å². The molecule has 2 aromatic heterocycles. The van der Waals surface area contributed by atoms with Gasteiger partial charge in [-0.3, -0.25) is 4.79 Å². The second-order valence-corrected chi connectivity index (χ2v) is 8.66. The van der Waals surface area contributed by atoms with Crippen molar-refractivity contribution in [1.29, 1.82) is 0 Å². The van der Waals surface area contributed by atoms with E-state index in [9.17, 15) is 4.79 Å². The van der Waals surface area contributed by atoms with E-state index in [4.69, 9.17) is 9.47 Å². The molecule has 1 atom stereocenters. The summed E-state index contributed by atoms with van der Waals surface area (Å²) < 4.78 is 11.5. The third-order valence-corrected chi connectivity index (χ3v) is 5.69. The van der Waals surface area contributed by atoms with E-state index in [0.29, 0.717) is 42.8 Å². The van der Waals surface area contributed by atoms with Crippen molar-refractivity contribution in [2.75, 3.05) is 38.8 Å². The molecular formula is C21H24N6O3S. The fourth-order valence-electron chi connectivity index (χ4n) is 3.15. The largest absolute Gasteiger partial charge is 0.424 e. The van der Waals surface area contributed by atoms with Gasteiger partial charge in [0, 0.05) is 32.4 Å². The average Bonchev–Trinajstić information content (AvgIpc) is 3.20. The van der Waals surface area contributed by atoms with E-state index in [2.05, 4.69) is 31.8 Å². The lowest BCUT2D eigenvalue weighted by atomic mass is 10.2. The van der Waals surface area contributed by atoms with Gasteiger partial charge < -0.3 is 19.3 Å². The van der Waals surface area contributed by atoms with Crippen LogP contribution in [0, 0.1) is 6.92 Å². The number of nitrogens with zero attached hydrogens (tertiary/aromatic N) is 6. The molecule has 0 aliphatic carbocycles. The van der Waals surface area contributed by atoms with Crippen LogP contribution in [0.4, 0.5) is 5.95 Å². The van der Waals surface area contributed by atoms with Gasteiger partial charge in [-0.05, 0) is 38.1 Å². The van der Waals surface area contributed by atoms with Crippen LogP contribution in [0.2, 0.25) is 0 Å². The summed E-state index contributed by atoms with van der Waals surface area (Å²) in [6.45, 7) is 5.92. The molecule has 1 aliphatic rings. The van der Waals surface area contributed by atoms with Crippen LogP contribution in [0.25, 0.3) is 10.7 Å². The van der Waals surface area contributed by atoms with Gasteiger partial charge in [0.15, 0.2) is 5.82 Å². The highest BCUT2D eigenvalue weighted by Crippen LogP contribution is 2.28. The summed E-state index contributed by atoms with van der Waals surface area (Å²) in [7, 11) is 3.43. The number of carbonyl (C=O) groups excluding carboxylic acids is 1. The van der Waals surface area contributed by atoms with Crippen LogP contribution in [0.15, 0.2) is 30.5 Å². The molecule has 1 fully saturated rings. The number of amides is 1. The van der Waals surface area contributed by atoms with E-state index in [1.54, 1.807) is 44.6 Å². The topological polar surface area (TPSA) is 93.6 Å². The molecule has 0 unspecified atom stereocenters. The number of rotatable bonds is 5. The van der Waals surface area contributed by atoms with Crippen molar-refractivity contribution >= 4 is 23.2 Å². The highest BCUT2D eigenvalue weighted by Gasteiger charge is 2.24. The number of aryl methyl sites for hydroxylation is 1. The van der Waals surface area contributed by atoms with Gasteiger partial charge in [-0.2, -0.15) is 15.0 Å². The van der Waals surface area contributed by atoms with Gasteiger partial charge in [0.05, 0.1) is 29.1 Å². The van der Waals surface area contributed by atoms with E-state index in [0.717, 1.165) is 9.88 Å². The van der Waals surface area contributed by atoms with Crippen LogP contribution in [0.5, 0.6) is 11.8 Å². The molecule has 0 bridgehead atoms. The Hall–Kier alpha value is -3.11. The molecule has 0 radical (unpaired) electrons. The van der Waals surface area contributed by atoms with Crippen molar-refractivity contribution in [3.63, 3.8) is 0 Å². The Bertz CT molecular complexity index is 1070. The lowest BCUT2D eigenvalue weighted by molar-refractivity contribution is 0.0827. The molecule has 1 amide bonds. The van der Waals surface area contributed by atoms with Crippen molar-refractivity contribution < 1.29 is 14.3 Å². The predicted molar refractivity (Wildman–Crippen MR) is 118 cm³/mol. The fraction of sp³-hybridized carbons (Fsp3) is 0.381. The minimum absolute atomic E-state index is 0.0712. The molecule has 0 N–H and O–H groups in total. The molecule has 9 nitrogen and oxygen atoms in total. The van der Waals surface area contributed by atoms with E-state index in [-0.39, 0.29) is 18.0 Å². The van der Waals surface area contributed by atoms with Gasteiger partial charge in [-0.1, -0.05) is 0 Å². The normalized spacial score (nSPS) is 16.3. The minimum atomic E-state index is -0.0712. The molecule has 3 heterocycles. The van der Waals surface area contributed by atoms with Gasteiger partial charge in [0.25, 0.3) is 5.91 Å². The van der Waals surface area contributed by atoms with E-state index < -0.39 is 0 Å². The molecule has 10 heteroatoms. The Balaban J connectivity index is 1.66. The zero-order valence-corrected chi connectivity index (χ0v) is 18.7. The summed E-state index contributed by atoms with van der Waals surface area (Å²) in [6, 6.07) is 7.23. The molecule has 1 aliphatic heterocycles. The highest BCUT2D eigenvalue weighted by atomic mass is 32.1. The first-order valence-electron chi connectivity index (χ1n) is 9.93. The van der Waals surface area contributed by atoms with Crippen molar-refractivity contribution in [3.8, 4) is 22.5 Å². The van der Waals surface area contributed by atoms with Gasteiger partial charge in [-0.25, -0.2) is 4.98 Å². The fourth-order valence-corrected chi connectivity index (χ4v) is 3.86. The van der Waals surface area contributed by atoms with Crippen LogP contribution in [-0.2, 0) is 4.74 Å². The Labute approximate surface area is 184 Å². The van der Waals surface area contributed by atoms with Crippen LogP contribution in [0.3, 0.4) is 0 Å². The first-order chi connectivity index (χ1) is 14.9. The monoisotopic (exact) mass is 440 g/mol. The number of hydrogen-bond donors (Lipinski definition) is 0. The number of thiazole rings is 1. The number of hydrogen-bond acceptors (Lipinski definition) is 9. The number of benzene rings is 1. The predicted octanol–water partition coefficient (Wildman–Crippen LogP) is 3.02. The van der Waals surface area contributed by atoms with Crippen molar-refractivity contribution in [3.05, 3.63) is 41.0 Å². The lowest BCUT2D eigenvalue weighted by Gasteiger charge is -2.33. The molecule has 4 rings (SSSR count). The number of morpholine rings is 1. The minimum Gasteiger partial charge on any atom is -0.424 e. The second kappa shape index (κ2) is 8.94. The molecule has 162 valence electrons. The maximum Gasteiger partial charge on any atom is 0.327 e. The average molecular weight is 441 g/mol. The third kappa shape index (κ3) is 4.80. The second-order valence-electron chi connectivity index (χ2n) is 7.43. The number of aromatic nitrogens is 4. The summed E-state index contributed by atoms with van der Waals surface area (Å²) in [5.74, 6) is 1.53. The first kappa shape index (κ1) is 21.1. The van der Waals surface area contributed by atoms with Crippen LogP contribution in [0.1, 0.15) is 22.3 Å². The first-order valence-corrected chi connectivity index (χ1v) is 10.7. The summed E-state index contributed by atoms with van der Waals surface area (Å²) in [4.78, 5) is 34.6. The van der Waals surface area contributed by atoms with Gasteiger partial charge in [0.1, 0.15) is 5.75 Å². The zero-order chi connectivity index (χ0) is 22.0. The summed E-state index contributed by atoms with van der Waals surface area (Å²) >= 11 is 1.52. The van der Waals surface area contributed by atoms with Gasteiger partial charge in [-0.15, -0.1) is 11.3 Å². The number of ether oxygens (including phenoxy) is 2. The molecule has 31 heavy (non-hydrogen) atoms. The third-order valence-electron chi connectivity index (χ3n) is 4.79. The lowest BCUT2D eigenvalue weighted by Crippen LogP contribution is -2.44. The van der Waals surface area contributed by atoms with Crippen molar-refractivity contribution in [2.24, 2.45) is 0 Å². The molecule has 3 aromatic rings. The van der Waals surface area contributed by atoms with E-state index in [1.165, 1.54) is 16.2 Å². The zero-order valence-electron chi connectivity index (χ0n) is 17.9. The van der Waals surface area contributed by atoms with Crippen molar-refractivity contribution in [1.82, 2.24) is 24.8 Å². The summed E-state index contributed by atoms with van der Waals surface area (Å²) in [5.41, 5.74) is 0.580. The summed E-state index contributed by atoms with van der Waals surface area (Å²) in [5, 5.41) is 0.931. The van der Waals surface area contributed by atoms with E-state index >= 15 is 0 Å². The van der Waals surface area contributed by atoms with Gasteiger partial charge >= 0.3 is 6.01 Å². The van der Waals surface area contributed by atoms with E-state index in [1.807, 2.05) is 6.92 Å². The Kier molecular flexibility index (Phi) is 6.10. The molecule has 1 saturated heterocycles. The van der Waals surface area contributed by atoms with Gasteiger partial charge in [0.2, 0.25) is 5.95 Å². The highest BCUT2D eigenvalue weighted by molar-refractivity contribution is 7.14. The Morgan fingerprint density at radius 1 is 1.23 bits per heavy atom. The quantitative estimate of drug-likeness (QED) is 0.598. The summed E-state index contributed by atoms with van der Waals surface area (Å²) in [6.07, 6.45) is 1.76. The SMILES string of the molecule is Cc1ncc(-c2nc(Oc3ccc(C(=O)N(C)C)cc3)nc(N3CCOC[C@@H]3C)n2)s1. The van der Waals surface area contributed by atoms with Crippen LogP contribution >= 0.6 is 11.3 Å². The molecule has 0 saturated carbocycles. The molecule has 0 spiro atoms.